The number of methoxy groups -OCH3 is 1. The van der Waals surface area contributed by atoms with E-state index in [1.54, 1.807) is 25.7 Å². The Hall–Kier alpha value is -2.74. The largest absolute Gasteiger partial charge is 0.467 e. The quantitative estimate of drug-likeness (QED) is 0.781. The molecule has 0 amide bonds. The number of hydrogen-bond acceptors (Lipinski definition) is 6. The summed E-state index contributed by atoms with van der Waals surface area (Å²) in [4.78, 5) is 8.35. The minimum Gasteiger partial charge on any atom is -0.467 e. The highest BCUT2D eigenvalue weighted by Gasteiger charge is 2.22. The van der Waals surface area contributed by atoms with Gasteiger partial charge in [0.2, 0.25) is 0 Å². The van der Waals surface area contributed by atoms with Crippen LogP contribution < -0.4 is 4.74 Å². The van der Waals surface area contributed by atoms with E-state index < -0.39 is 0 Å². The Balaban J connectivity index is 1.85. The first-order chi connectivity index (χ1) is 11.4. The van der Waals surface area contributed by atoms with Crippen LogP contribution in [-0.4, -0.2) is 50.3 Å². The number of fused-ring (bicyclic) bond motifs is 1. The maximum atomic E-state index is 5.62. The SMILES string of the molecule is COc1ncc(-n2nc(-c3cn[nH]c3)c3c2CCOCC3)cn1. The lowest BCUT2D eigenvalue weighted by molar-refractivity contribution is 0.145. The molecule has 0 aliphatic carbocycles. The molecule has 0 saturated heterocycles. The van der Waals surface area contributed by atoms with E-state index in [0.717, 1.165) is 35.5 Å². The van der Waals surface area contributed by atoms with E-state index in [0.29, 0.717) is 19.2 Å². The lowest BCUT2D eigenvalue weighted by Crippen LogP contribution is -2.06. The van der Waals surface area contributed by atoms with Gasteiger partial charge in [0.15, 0.2) is 0 Å². The van der Waals surface area contributed by atoms with Crippen LogP contribution in [-0.2, 0) is 17.6 Å². The topological polar surface area (TPSA) is 90.7 Å². The Bertz CT molecular complexity index is 794. The predicted octanol–water partition coefficient (Wildman–Crippen LogP) is 1.18. The summed E-state index contributed by atoms with van der Waals surface area (Å²) < 4.78 is 12.5. The Labute approximate surface area is 132 Å². The molecule has 23 heavy (non-hydrogen) atoms. The van der Waals surface area contributed by atoms with Crippen molar-refractivity contribution in [3.63, 3.8) is 0 Å². The van der Waals surface area contributed by atoms with Gasteiger partial charge in [-0.25, -0.2) is 14.6 Å². The summed E-state index contributed by atoms with van der Waals surface area (Å²) >= 11 is 0. The second-order valence-electron chi connectivity index (χ2n) is 5.21. The van der Waals surface area contributed by atoms with Crippen LogP contribution in [0.4, 0.5) is 0 Å². The van der Waals surface area contributed by atoms with Gasteiger partial charge in [0.1, 0.15) is 5.69 Å². The van der Waals surface area contributed by atoms with E-state index in [-0.39, 0.29) is 0 Å². The molecule has 0 aromatic carbocycles. The number of nitrogens with one attached hydrogen (secondary N) is 1. The molecule has 1 N–H and O–H groups in total. The van der Waals surface area contributed by atoms with Gasteiger partial charge in [0.05, 0.1) is 50.3 Å². The fourth-order valence-corrected chi connectivity index (χ4v) is 2.80. The number of ether oxygens (including phenoxy) is 2. The molecule has 0 unspecified atom stereocenters. The van der Waals surface area contributed by atoms with Gasteiger partial charge in [0, 0.05) is 23.7 Å². The summed E-state index contributed by atoms with van der Waals surface area (Å²) in [6.07, 6.45) is 8.68. The summed E-state index contributed by atoms with van der Waals surface area (Å²) in [5, 5.41) is 11.7. The van der Waals surface area contributed by atoms with Crippen molar-refractivity contribution in [2.45, 2.75) is 12.8 Å². The lowest BCUT2D eigenvalue weighted by Gasteiger charge is -2.06. The summed E-state index contributed by atoms with van der Waals surface area (Å²) in [7, 11) is 1.54. The number of rotatable bonds is 3. The van der Waals surface area contributed by atoms with E-state index >= 15 is 0 Å². The van der Waals surface area contributed by atoms with Gasteiger partial charge < -0.3 is 9.47 Å². The zero-order valence-corrected chi connectivity index (χ0v) is 12.7. The zero-order chi connectivity index (χ0) is 15.6. The van der Waals surface area contributed by atoms with Crippen LogP contribution in [0.2, 0.25) is 0 Å². The second-order valence-corrected chi connectivity index (χ2v) is 5.21. The number of hydrogen-bond donors (Lipinski definition) is 1. The monoisotopic (exact) mass is 312 g/mol. The van der Waals surface area contributed by atoms with Gasteiger partial charge in [-0.1, -0.05) is 0 Å². The Morgan fingerprint density at radius 1 is 1.17 bits per heavy atom. The maximum Gasteiger partial charge on any atom is 0.316 e. The van der Waals surface area contributed by atoms with Crippen molar-refractivity contribution >= 4 is 0 Å². The second kappa shape index (κ2) is 5.81. The smallest absolute Gasteiger partial charge is 0.316 e. The van der Waals surface area contributed by atoms with Gasteiger partial charge in [0.25, 0.3) is 0 Å². The highest BCUT2D eigenvalue weighted by Crippen LogP contribution is 2.29. The first-order valence-corrected chi connectivity index (χ1v) is 7.41. The summed E-state index contributed by atoms with van der Waals surface area (Å²) in [5.74, 6) is 0. The Morgan fingerprint density at radius 2 is 2.00 bits per heavy atom. The molecule has 3 aromatic heterocycles. The highest BCUT2D eigenvalue weighted by molar-refractivity contribution is 5.63. The van der Waals surface area contributed by atoms with E-state index in [2.05, 4.69) is 20.2 Å². The molecule has 0 saturated carbocycles. The molecule has 1 aliphatic heterocycles. The molecule has 4 rings (SSSR count). The zero-order valence-electron chi connectivity index (χ0n) is 12.7. The molecule has 0 fully saturated rings. The van der Waals surface area contributed by atoms with Crippen LogP contribution in [0.25, 0.3) is 16.9 Å². The molecule has 118 valence electrons. The Morgan fingerprint density at radius 3 is 2.74 bits per heavy atom. The molecule has 0 radical (unpaired) electrons. The van der Waals surface area contributed by atoms with Gasteiger partial charge in [-0.15, -0.1) is 0 Å². The fraction of sp³-hybridized carbons (Fsp3) is 0.333. The lowest BCUT2D eigenvalue weighted by atomic mass is 10.1. The molecule has 0 atom stereocenters. The van der Waals surface area contributed by atoms with Crippen molar-refractivity contribution < 1.29 is 9.47 Å². The first-order valence-electron chi connectivity index (χ1n) is 7.41. The maximum absolute atomic E-state index is 5.62. The van der Waals surface area contributed by atoms with Crippen molar-refractivity contribution in [2.24, 2.45) is 0 Å². The van der Waals surface area contributed by atoms with Crippen LogP contribution in [0.1, 0.15) is 11.3 Å². The van der Waals surface area contributed by atoms with Crippen molar-refractivity contribution in [2.75, 3.05) is 20.3 Å². The summed E-state index contributed by atoms with van der Waals surface area (Å²) in [5.41, 5.74) is 5.03. The third kappa shape index (κ3) is 2.46. The number of aromatic amines is 1. The van der Waals surface area contributed by atoms with E-state index in [4.69, 9.17) is 14.6 Å². The summed E-state index contributed by atoms with van der Waals surface area (Å²) in [6.45, 7) is 1.38. The molecule has 8 heteroatoms. The van der Waals surface area contributed by atoms with Crippen molar-refractivity contribution in [3.8, 4) is 23.0 Å². The van der Waals surface area contributed by atoms with E-state index in [9.17, 15) is 0 Å². The van der Waals surface area contributed by atoms with Crippen LogP contribution in [0.3, 0.4) is 0 Å². The fourth-order valence-electron chi connectivity index (χ4n) is 2.80. The van der Waals surface area contributed by atoms with Crippen molar-refractivity contribution in [3.05, 3.63) is 36.0 Å². The number of H-pyrrole nitrogens is 1. The standard InChI is InChI=1S/C15H16N6O2/c1-22-15-16-8-11(9-17-15)21-13-3-5-23-4-2-12(13)14(20-21)10-6-18-19-7-10/h6-9H,2-5H2,1H3,(H,18,19). The van der Waals surface area contributed by atoms with Crippen molar-refractivity contribution in [1.29, 1.82) is 0 Å². The molecular formula is C15H16N6O2. The van der Waals surface area contributed by atoms with Crippen LogP contribution in [0, 0.1) is 0 Å². The average Bonchev–Trinajstić information content (AvgIpc) is 3.17. The minimum atomic E-state index is 0.338. The van der Waals surface area contributed by atoms with E-state index in [1.807, 2.05) is 10.9 Å². The normalized spacial score (nSPS) is 14.3. The van der Waals surface area contributed by atoms with Crippen LogP contribution in [0.15, 0.2) is 24.8 Å². The molecular weight excluding hydrogens is 296 g/mol. The van der Waals surface area contributed by atoms with Gasteiger partial charge in [-0.2, -0.15) is 10.2 Å². The molecule has 0 bridgehead atoms. The molecule has 4 heterocycles. The molecule has 3 aromatic rings. The number of aromatic nitrogens is 6. The average molecular weight is 312 g/mol. The Kier molecular flexibility index (Phi) is 3.51. The van der Waals surface area contributed by atoms with Crippen molar-refractivity contribution in [1.82, 2.24) is 29.9 Å². The molecule has 8 nitrogen and oxygen atoms in total. The van der Waals surface area contributed by atoms with Gasteiger partial charge >= 0.3 is 6.01 Å². The summed E-state index contributed by atoms with van der Waals surface area (Å²) in [6, 6.07) is 0.338. The van der Waals surface area contributed by atoms with Crippen LogP contribution >= 0.6 is 0 Å². The van der Waals surface area contributed by atoms with Gasteiger partial charge in [-0.05, 0) is 6.42 Å². The molecule has 0 spiro atoms. The third-order valence-electron chi connectivity index (χ3n) is 3.88. The van der Waals surface area contributed by atoms with E-state index in [1.165, 1.54) is 5.56 Å². The molecule has 1 aliphatic rings. The minimum absolute atomic E-state index is 0.338. The first kappa shape index (κ1) is 13.9. The highest BCUT2D eigenvalue weighted by atomic mass is 16.5. The third-order valence-corrected chi connectivity index (χ3v) is 3.88. The van der Waals surface area contributed by atoms with Crippen LogP contribution in [0.5, 0.6) is 6.01 Å². The number of nitrogens with zero attached hydrogens (tertiary/aromatic N) is 5. The predicted molar refractivity (Wildman–Crippen MR) is 81.5 cm³/mol. The van der Waals surface area contributed by atoms with Gasteiger partial charge in [-0.3, -0.25) is 5.10 Å².